The maximum atomic E-state index is 12.7. The summed E-state index contributed by atoms with van der Waals surface area (Å²) in [6, 6.07) is 10.5. The number of amides is 1. The van der Waals surface area contributed by atoms with Gasteiger partial charge in [-0.2, -0.15) is 0 Å². The van der Waals surface area contributed by atoms with Gasteiger partial charge >= 0.3 is 5.97 Å². The number of carbonyl (C=O) groups is 2. The van der Waals surface area contributed by atoms with E-state index in [-0.39, 0.29) is 18.5 Å². The van der Waals surface area contributed by atoms with Crippen LogP contribution in [-0.2, 0) is 4.79 Å². The van der Waals surface area contributed by atoms with Gasteiger partial charge in [0.25, 0.3) is 5.91 Å². The maximum Gasteiger partial charge on any atom is 0.308 e. The number of carboxylic acids is 1. The maximum absolute atomic E-state index is 12.7. The summed E-state index contributed by atoms with van der Waals surface area (Å²) in [5.74, 6) is -0.250. The van der Waals surface area contributed by atoms with Gasteiger partial charge in [0.1, 0.15) is 11.5 Å². The summed E-state index contributed by atoms with van der Waals surface area (Å²) in [5.41, 5.74) is 0.524. The fourth-order valence-corrected chi connectivity index (χ4v) is 2.97. The summed E-state index contributed by atoms with van der Waals surface area (Å²) in [7, 11) is 0. The molecule has 3 rings (SSSR count). The van der Waals surface area contributed by atoms with Gasteiger partial charge in [-0.15, -0.1) is 0 Å². The van der Waals surface area contributed by atoms with Gasteiger partial charge in [-0.05, 0) is 56.2 Å². The number of aromatic nitrogens is 1. The lowest BCUT2D eigenvalue weighted by Gasteiger charge is -2.36. The Kier molecular flexibility index (Phi) is 4.97. The second-order valence-corrected chi connectivity index (χ2v) is 6.23. The number of piperidine rings is 1. The predicted octanol–water partition coefficient (Wildman–Crippen LogP) is 3.20. The van der Waals surface area contributed by atoms with Crippen LogP contribution < -0.4 is 4.74 Å². The van der Waals surface area contributed by atoms with Crippen LogP contribution in [-0.4, -0.2) is 39.5 Å². The molecule has 2 unspecified atom stereocenters. The van der Waals surface area contributed by atoms with Gasteiger partial charge < -0.3 is 14.7 Å². The molecule has 0 bridgehead atoms. The fourth-order valence-electron chi connectivity index (χ4n) is 2.97. The van der Waals surface area contributed by atoms with Crippen LogP contribution in [0.5, 0.6) is 11.5 Å². The van der Waals surface area contributed by atoms with Crippen molar-refractivity contribution in [2.24, 2.45) is 5.92 Å². The van der Waals surface area contributed by atoms with Crippen LogP contribution in [0.3, 0.4) is 0 Å². The van der Waals surface area contributed by atoms with Crippen molar-refractivity contribution in [2.45, 2.75) is 25.8 Å². The summed E-state index contributed by atoms with van der Waals surface area (Å²) >= 11 is 0. The predicted molar refractivity (Wildman–Crippen MR) is 91.6 cm³/mol. The van der Waals surface area contributed by atoms with Crippen molar-refractivity contribution in [3.8, 4) is 11.5 Å². The molecule has 0 aliphatic carbocycles. The number of carboxylic acid groups (broad SMARTS) is 1. The van der Waals surface area contributed by atoms with E-state index >= 15 is 0 Å². The Hall–Kier alpha value is -2.89. The highest BCUT2D eigenvalue weighted by molar-refractivity contribution is 5.95. The fraction of sp³-hybridized carbons (Fsp3) is 0.316. The van der Waals surface area contributed by atoms with E-state index in [1.807, 2.05) is 6.92 Å². The minimum absolute atomic E-state index is 0.0365. The zero-order valence-corrected chi connectivity index (χ0v) is 14.0. The van der Waals surface area contributed by atoms with E-state index in [0.29, 0.717) is 29.9 Å². The number of pyridine rings is 1. The van der Waals surface area contributed by atoms with Gasteiger partial charge in [0.2, 0.25) is 0 Å². The zero-order chi connectivity index (χ0) is 17.8. The second kappa shape index (κ2) is 7.34. The Balaban J connectivity index is 1.70. The highest BCUT2D eigenvalue weighted by Gasteiger charge is 2.32. The van der Waals surface area contributed by atoms with Crippen molar-refractivity contribution in [1.82, 2.24) is 9.88 Å². The summed E-state index contributed by atoms with van der Waals surface area (Å²) in [4.78, 5) is 29.6. The van der Waals surface area contributed by atoms with Crippen LogP contribution in [0, 0.1) is 5.92 Å². The second-order valence-electron chi connectivity index (χ2n) is 6.23. The van der Waals surface area contributed by atoms with Gasteiger partial charge in [0, 0.05) is 24.3 Å². The van der Waals surface area contributed by atoms with Crippen LogP contribution in [0.2, 0.25) is 0 Å². The molecule has 1 saturated heterocycles. The Morgan fingerprint density at radius 2 is 1.92 bits per heavy atom. The van der Waals surface area contributed by atoms with Crippen molar-refractivity contribution in [3.05, 3.63) is 54.4 Å². The molecule has 6 heteroatoms. The number of carbonyl (C=O) groups excluding carboxylic acids is 1. The molecule has 0 saturated carbocycles. The average Bonchev–Trinajstić information content (AvgIpc) is 2.63. The molecule has 1 aromatic heterocycles. The molecule has 2 heterocycles. The number of ether oxygens (including phenoxy) is 1. The SMILES string of the molecule is CC1CCC(C(=O)O)CN1C(=O)c1ccc(Oc2cccnc2)cc1. The molecule has 25 heavy (non-hydrogen) atoms. The topological polar surface area (TPSA) is 79.7 Å². The summed E-state index contributed by atoms with van der Waals surface area (Å²) in [6.07, 6.45) is 4.59. The molecule has 0 radical (unpaired) electrons. The average molecular weight is 340 g/mol. The van der Waals surface area contributed by atoms with Crippen molar-refractivity contribution in [2.75, 3.05) is 6.54 Å². The van der Waals surface area contributed by atoms with Crippen molar-refractivity contribution >= 4 is 11.9 Å². The van der Waals surface area contributed by atoms with E-state index in [4.69, 9.17) is 4.74 Å². The molecule has 6 nitrogen and oxygen atoms in total. The molecule has 2 aromatic rings. The molecule has 1 N–H and O–H groups in total. The van der Waals surface area contributed by atoms with E-state index < -0.39 is 11.9 Å². The monoisotopic (exact) mass is 340 g/mol. The molecule has 0 spiro atoms. The molecule has 1 aliphatic rings. The van der Waals surface area contributed by atoms with E-state index in [0.717, 1.165) is 0 Å². The van der Waals surface area contributed by atoms with Crippen LogP contribution in [0.25, 0.3) is 0 Å². The first-order valence-electron chi connectivity index (χ1n) is 8.26. The molecule has 1 fully saturated rings. The van der Waals surface area contributed by atoms with Crippen LogP contribution in [0.4, 0.5) is 0 Å². The van der Waals surface area contributed by atoms with Gasteiger partial charge in [-0.25, -0.2) is 0 Å². The highest BCUT2D eigenvalue weighted by Crippen LogP contribution is 2.25. The molecular formula is C19H20N2O4. The van der Waals surface area contributed by atoms with E-state index in [1.54, 1.807) is 53.7 Å². The lowest BCUT2D eigenvalue weighted by Crippen LogP contribution is -2.47. The van der Waals surface area contributed by atoms with Crippen molar-refractivity contribution < 1.29 is 19.4 Å². The molecule has 2 atom stereocenters. The third-order valence-corrected chi connectivity index (χ3v) is 4.46. The first-order valence-corrected chi connectivity index (χ1v) is 8.26. The standard InChI is InChI=1S/C19H20N2O4/c1-13-4-5-15(19(23)24)12-21(13)18(22)14-6-8-16(9-7-14)25-17-3-2-10-20-11-17/h2-3,6-11,13,15H,4-5,12H2,1H3,(H,23,24). The lowest BCUT2D eigenvalue weighted by atomic mass is 9.93. The number of hydrogen-bond acceptors (Lipinski definition) is 4. The summed E-state index contributed by atoms with van der Waals surface area (Å²) in [5, 5.41) is 9.21. The Morgan fingerprint density at radius 3 is 2.56 bits per heavy atom. The van der Waals surface area contributed by atoms with Crippen LogP contribution in [0.1, 0.15) is 30.1 Å². The largest absolute Gasteiger partial charge is 0.481 e. The first kappa shape index (κ1) is 17.0. The minimum Gasteiger partial charge on any atom is -0.481 e. The molecule has 1 aliphatic heterocycles. The molecular weight excluding hydrogens is 320 g/mol. The minimum atomic E-state index is -0.843. The van der Waals surface area contributed by atoms with Crippen molar-refractivity contribution in [3.63, 3.8) is 0 Å². The molecule has 130 valence electrons. The van der Waals surface area contributed by atoms with Crippen molar-refractivity contribution in [1.29, 1.82) is 0 Å². The molecule has 1 aromatic carbocycles. The van der Waals surface area contributed by atoms with E-state index in [2.05, 4.69) is 4.98 Å². The van der Waals surface area contributed by atoms with Crippen LogP contribution in [0.15, 0.2) is 48.8 Å². The first-order chi connectivity index (χ1) is 12.0. The number of aliphatic carboxylic acids is 1. The number of benzene rings is 1. The third kappa shape index (κ3) is 3.96. The van der Waals surface area contributed by atoms with Gasteiger partial charge in [-0.3, -0.25) is 14.6 Å². The van der Waals surface area contributed by atoms with Gasteiger partial charge in [-0.1, -0.05) is 0 Å². The van der Waals surface area contributed by atoms with Crippen LogP contribution >= 0.6 is 0 Å². The number of nitrogens with zero attached hydrogens (tertiary/aromatic N) is 2. The lowest BCUT2D eigenvalue weighted by molar-refractivity contribution is -0.143. The Labute approximate surface area is 146 Å². The van der Waals surface area contributed by atoms with Gasteiger partial charge in [0.15, 0.2) is 0 Å². The third-order valence-electron chi connectivity index (χ3n) is 4.46. The normalized spacial score (nSPS) is 20.1. The molecule has 1 amide bonds. The highest BCUT2D eigenvalue weighted by atomic mass is 16.5. The van der Waals surface area contributed by atoms with E-state index in [9.17, 15) is 14.7 Å². The smallest absolute Gasteiger partial charge is 0.308 e. The Bertz CT molecular complexity index is 746. The zero-order valence-electron chi connectivity index (χ0n) is 14.0. The summed E-state index contributed by atoms with van der Waals surface area (Å²) in [6.45, 7) is 2.21. The Morgan fingerprint density at radius 1 is 1.16 bits per heavy atom. The number of likely N-dealkylation sites (tertiary alicyclic amines) is 1. The number of hydrogen-bond donors (Lipinski definition) is 1. The number of rotatable bonds is 4. The van der Waals surface area contributed by atoms with Gasteiger partial charge in [0.05, 0.1) is 12.1 Å². The quantitative estimate of drug-likeness (QED) is 0.924. The summed E-state index contributed by atoms with van der Waals surface area (Å²) < 4.78 is 5.66. The van der Waals surface area contributed by atoms with E-state index in [1.165, 1.54) is 0 Å².